The lowest BCUT2D eigenvalue weighted by Crippen LogP contribution is -1.91. The Morgan fingerprint density at radius 2 is 2.17 bits per heavy atom. The summed E-state index contributed by atoms with van der Waals surface area (Å²) in [6, 6.07) is 3.21. The summed E-state index contributed by atoms with van der Waals surface area (Å²) in [4.78, 5) is 10.4. The number of nitro groups is 1. The largest absolute Gasteiger partial charge is 0.284 e. The first-order valence-electron chi connectivity index (χ1n) is 2.85. The molecule has 0 aliphatic heterocycles. The van der Waals surface area contributed by atoms with Crippen LogP contribution in [0.15, 0.2) is 21.5 Å². The maximum Gasteiger partial charge on any atom is 0.284 e. The van der Waals surface area contributed by atoms with E-state index >= 15 is 0 Å². The van der Waals surface area contributed by atoms with E-state index in [2.05, 4.69) is 28.6 Å². The smallest absolute Gasteiger partial charge is 0.258 e. The van der Waals surface area contributed by atoms with Gasteiger partial charge < -0.3 is 0 Å². The molecule has 0 unspecified atom stereocenters. The van der Waals surface area contributed by atoms with Crippen LogP contribution in [-0.4, -0.2) is 4.92 Å². The number of nitro benzene ring substituents is 1. The van der Waals surface area contributed by atoms with E-state index in [1.165, 1.54) is 6.07 Å². The predicted octanol–water partition coefficient (Wildman–Crippen LogP) is 3.25. The Balaban J connectivity index is 3.37. The topological polar surface area (TPSA) is 43.1 Å². The number of nitrogens with zero attached hydrogens (tertiary/aromatic N) is 1. The summed E-state index contributed by atoms with van der Waals surface area (Å²) in [6.45, 7) is 0. The predicted molar refractivity (Wildman–Crippen MR) is 60.8 cm³/mol. The molecular formula is C6H3BrINO2S. The van der Waals surface area contributed by atoms with Gasteiger partial charge in [0.15, 0.2) is 0 Å². The van der Waals surface area contributed by atoms with Crippen LogP contribution in [0.3, 0.4) is 0 Å². The Morgan fingerprint density at radius 3 is 2.67 bits per heavy atom. The lowest BCUT2D eigenvalue weighted by molar-refractivity contribution is -0.387. The zero-order valence-corrected chi connectivity index (χ0v) is 10.3. The number of thiol groups is 1. The Hall–Kier alpha value is 0.180. The molecule has 0 spiro atoms. The fourth-order valence-corrected chi connectivity index (χ4v) is 2.39. The first-order valence-corrected chi connectivity index (χ1v) is 5.16. The maximum absolute atomic E-state index is 10.5. The molecule has 0 amide bonds. The van der Waals surface area contributed by atoms with Gasteiger partial charge in [-0.3, -0.25) is 10.1 Å². The van der Waals surface area contributed by atoms with Crippen molar-refractivity contribution < 1.29 is 4.92 Å². The molecule has 0 N–H and O–H groups in total. The summed E-state index contributed by atoms with van der Waals surface area (Å²) in [5, 5.41) is 10.5. The molecule has 0 atom stereocenters. The molecule has 0 aliphatic carbocycles. The first-order chi connectivity index (χ1) is 5.52. The van der Waals surface area contributed by atoms with Crippen molar-refractivity contribution in [1.82, 2.24) is 0 Å². The lowest BCUT2D eigenvalue weighted by atomic mass is 10.3. The number of hydrogen-bond donors (Lipinski definition) is 1. The third-order valence-electron chi connectivity index (χ3n) is 1.20. The first kappa shape index (κ1) is 10.3. The summed E-state index contributed by atoms with van der Waals surface area (Å²) in [6.07, 6.45) is 0. The summed E-state index contributed by atoms with van der Waals surface area (Å²) < 4.78 is 1.45. The van der Waals surface area contributed by atoms with Gasteiger partial charge in [0.2, 0.25) is 0 Å². The van der Waals surface area contributed by atoms with Crippen LogP contribution in [0.1, 0.15) is 0 Å². The summed E-state index contributed by atoms with van der Waals surface area (Å²) in [7, 11) is 0. The van der Waals surface area contributed by atoms with Crippen LogP contribution in [0.5, 0.6) is 0 Å². The minimum atomic E-state index is -0.449. The molecule has 64 valence electrons. The number of rotatable bonds is 1. The molecule has 0 aromatic heterocycles. The van der Waals surface area contributed by atoms with Crippen LogP contribution >= 0.6 is 51.1 Å². The molecule has 6 heteroatoms. The summed E-state index contributed by atoms with van der Waals surface area (Å²) in [5.41, 5.74) is 0.0251. The van der Waals surface area contributed by atoms with E-state index in [1.807, 2.05) is 22.6 Å². The number of hydrogen-bond acceptors (Lipinski definition) is 3. The molecule has 0 aliphatic rings. The average molecular weight is 360 g/mol. The number of benzene rings is 1. The van der Waals surface area contributed by atoms with E-state index in [0.29, 0.717) is 9.37 Å². The van der Waals surface area contributed by atoms with E-state index in [4.69, 9.17) is 0 Å². The van der Waals surface area contributed by atoms with Crippen molar-refractivity contribution in [2.24, 2.45) is 0 Å². The number of halogens is 2. The fourth-order valence-electron chi connectivity index (χ4n) is 0.692. The highest BCUT2D eigenvalue weighted by Gasteiger charge is 2.14. The second-order valence-electron chi connectivity index (χ2n) is 2.01. The summed E-state index contributed by atoms with van der Waals surface area (Å²) in [5.74, 6) is 0. The Labute approximate surface area is 96.4 Å². The average Bonchev–Trinajstić information content (AvgIpc) is 1.96. The highest BCUT2D eigenvalue weighted by Crippen LogP contribution is 2.31. The molecule has 0 bridgehead atoms. The molecule has 12 heavy (non-hydrogen) atoms. The van der Waals surface area contributed by atoms with E-state index < -0.39 is 4.92 Å². The van der Waals surface area contributed by atoms with Crippen molar-refractivity contribution in [3.8, 4) is 0 Å². The molecule has 1 rings (SSSR count). The van der Waals surface area contributed by atoms with Gasteiger partial charge in [-0.15, -0.1) is 12.6 Å². The van der Waals surface area contributed by atoms with Gasteiger partial charge >= 0.3 is 0 Å². The molecule has 0 radical (unpaired) electrons. The van der Waals surface area contributed by atoms with Crippen molar-refractivity contribution in [3.63, 3.8) is 0 Å². The third kappa shape index (κ3) is 2.11. The molecule has 1 aromatic rings. The second kappa shape index (κ2) is 3.93. The van der Waals surface area contributed by atoms with E-state index in [0.717, 1.165) is 3.57 Å². The van der Waals surface area contributed by atoms with Gasteiger partial charge in [-0.2, -0.15) is 0 Å². The van der Waals surface area contributed by atoms with Crippen LogP contribution < -0.4 is 0 Å². The van der Waals surface area contributed by atoms with Gasteiger partial charge in [0.05, 0.1) is 9.82 Å². The molecule has 0 saturated heterocycles. The van der Waals surface area contributed by atoms with E-state index in [9.17, 15) is 10.1 Å². The van der Waals surface area contributed by atoms with Crippen molar-refractivity contribution >= 4 is 56.8 Å². The van der Waals surface area contributed by atoms with Crippen LogP contribution in [0.25, 0.3) is 0 Å². The van der Waals surface area contributed by atoms with E-state index in [-0.39, 0.29) is 5.69 Å². The normalized spacial score (nSPS) is 9.92. The van der Waals surface area contributed by atoms with Crippen molar-refractivity contribution in [3.05, 3.63) is 30.3 Å². The minimum absolute atomic E-state index is 0.0251. The van der Waals surface area contributed by atoms with Gasteiger partial charge in [-0.05, 0) is 28.7 Å². The second-order valence-corrected chi connectivity index (χ2v) is 4.54. The molecule has 0 fully saturated rings. The molecule has 3 nitrogen and oxygen atoms in total. The summed E-state index contributed by atoms with van der Waals surface area (Å²) >= 11 is 9.20. The standard InChI is InChI=1S/C6H3BrINO2S/c7-3-1-4(8)6(12)5(2-3)9(10)11/h1-2,12H. The highest BCUT2D eigenvalue weighted by molar-refractivity contribution is 14.1. The van der Waals surface area contributed by atoms with Gasteiger partial charge in [-0.1, -0.05) is 15.9 Å². The molecular weight excluding hydrogens is 357 g/mol. The molecule has 0 heterocycles. The minimum Gasteiger partial charge on any atom is -0.258 e. The van der Waals surface area contributed by atoms with Crippen LogP contribution in [0.4, 0.5) is 5.69 Å². The molecule has 1 aromatic carbocycles. The Morgan fingerprint density at radius 1 is 1.58 bits per heavy atom. The Kier molecular flexibility index (Phi) is 3.36. The zero-order chi connectivity index (χ0) is 9.30. The van der Waals surface area contributed by atoms with Crippen molar-refractivity contribution in [1.29, 1.82) is 0 Å². The molecule has 0 saturated carbocycles. The lowest BCUT2D eigenvalue weighted by Gasteiger charge is -1.99. The third-order valence-corrected chi connectivity index (χ3v) is 3.41. The van der Waals surface area contributed by atoms with Gasteiger partial charge in [-0.25, -0.2) is 0 Å². The highest BCUT2D eigenvalue weighted by atomic mass is 127. The zero-order valence-electron chi connectivity index (χ0n) is 5.62. The van der Waals surface area contributed by atoms with Crippen molar-refractivity contribution in [2.45, 2.75) is 4.90 Å². The van der Waals surface area contributed by atoms with Crippen LogP contribution in [0.2, 0.25) is 0 Å². The van der Waals surface area contributed by atoms with Gasteiger partial charge in [0.25, 0.3) is 5.69 Å². The quantitative estimate of drug-likeness (QED) is 0.362. The van der Waals surface area contributed by atoms with Crippen LogP contribution in [-0.2, 0) is 0 Å². The Bertz CT molecular complexity index is 345. The van der Waals surface area contributed by atoms with E-state index in [1.54, 1.807) is 6.07 Å². The monoisotopic (exact) mass is 359 g/mol. The van der Waals surface area contributed by atoms with Gasteiger partial charge in [0.1, 0.15) is 0 Å². The van der Waals surface area contributed by atoms with Gasteiger partial charge in [0, 0.05) is 14.1 Å². The maximum atomic E-state index is 10.5. The van der Waals surface area contributed by atoms with Crippen molar-refractivity contribution in [2.75, 3.05) is 0 Å². The fraction of sp³-hybridized carbons (Fsp3) is 0. The van der Waals surface area contributed by atoms with Crippen LogP contribution in [0, 0.1) is 13.7 Å². The SMILES string of the molecule is O=[N+]([O-])c1cc(Br)cc(I)c1S.